The van der Waals surface area contributed by atoms with E-state index in [0.29, 0.717) is 0 Å². The summed E-state index contributed by atoms with van der Waals surface area (Å²) in [5, 5.41) is 9.88. The summed E-state index contributed by atoms with van der Waals surface area (Å²) < 4.78 is 1.22. The van der Waals surface area contributed by atoms with E-state index in [0.717, 1.165) is 43.2 Å². The van der Waals surface area contributed by atoms with Crippen LogP contribution in [0, 0.1) is 0 Å². The molecular weight excluding hydrogens is 286 g/mol. The van der Waals surface area contributed by atoms with E-state index in [4.69, 9.17) is 10.1 Å². The van der Waals surface area contributed by atoms with Crippen molar-refractivity contribution in [3.63, 3.8) is 0 Å². The third kappa shape index (κ3) is 3.16. The molecule has 0 spiro atoms. The van der Waals surface area contributed by atoms with E-state index in [1.165, 1.54) is 10.3 Å². The number of fused-ring (bicyclic) bond motifs is 1. The number of aliphatic carboxylic acids is 1. The number of hydrogen-bond donors (Lipinski definition) is 1. The van der Waals surface area contributed by atoms with E-state index in [1.54, 1.807) is 11.3 Å². The quantitative estimate of drug-likeness (QED) is 0.937. The van der Waals surface area contributed by atoms with Gasteiger partial charge in [0.05, 0.1) is 16.8 Å². The number of carbonyl (C=O) groups is 1. The van der Waals surface area contributed by atoms with Crippen LogP contribution in [0.3, 0.4) is 0 Å². The minimum absolute atomic E-state index is 0.132. The Bertz CT molecular complexity index is 647. The highest BCUT2D eigenvalue weighted by Gasteiger charge is 2.21. The summed E-state index contributed by atoms with van der Waals surface area (Å²) in [7, 11) is 0. The molecule has 1 N–H and O–H groups in total. The average Bonchev–Trinajstić information content (AvgIpc) is 2.90. The van der Waals surface area contributed by atoms with Gasteiger partial charge >= 0.3 is 5.97 Å². The summed E-state index contributed by atoms with van der Waals surface area (Å²) in [5.74, 6) is -0.754. The molecule has 1 aliphatic rings. The molecule has 0 saturated carbocycles. The molecule has 2 aromatic rings. The maximum absolute atomic E-state index is 10.7. The van der Waals surface area contributed by atoms with Crippen LogP contribution in [0.25, 0.3) is 10.2 Å². The highest BCUT2D eigenvalue weighted by molar-refractivity contribution is 7.22. The Labute approximate surface area is 127 Å². The van der Waals surface area contributed by atoms with Gasteiger partial charge in [0.1, 0.15) is 0 Å². The second kappa shape index (κ2) is 5.99. The van der Waals surface area contributed by atoms with E-state index in [-0.39, 0.29) is 6.54 Å². The number of benzene rings is 1. The van der Waals surface area contributed by atoms with Crippen molar-refractivity contribution < 1.29 is 9.90 Å². The molecule has 112 valence electrons. The fraction of sp³-hybridized carbons (Fsp3) is 0.467. The number of thiazole rings is 1. The van der Waals surface area contributed by atoms with Crippen LogP contribution in [0.1, 0.15) is 12.5 Å². The van der Waals surface area contributed by atoms with Gasteiger partial charge < -0.3 is 10.0 Å². The van der Waals surface area contributed by atoms with Crippen LogP contribution in [0.5, 0.6) is 0 Å². The van der Waals surface area contributed by atoms with Crippen LogP contribution < -0.4 is 4.90 Å². The number of carboxylic acids is 1. The van der Waals surface area contributed by atoms with E-state index >= 15 is 0 Å². The number of aryl methyl sites for hydroxylation is 1. The monoisotopic (exact) mass is 305 g/mol. The second-order valence-corrected chi connectivity index (χ2v) is 6.32. The second-order valence-electron chi connectivity index (χ2n) is 5.31. The van der Waals surface area contributed by atoms with Crippen molar-refractivity contribution in [2.75, 3.05) is 37.6 Å². The fourth-order valence-corrected chi connectivity index (χ4v) is 3.60. The van der Waals surface area contributed by atoms with Crippen molar-refractivity contribution in [1.82, 2.24) is 9.88 Å². The van der Waals surface area contributed by atoms with Gasteiger partial charge in [-0.1, -0.05) is 24.3 Å². The molecule has 1 aromatic carbocycles. The number of aromatic nitrogens is 1. The lowest BCUT2D eigenvalue weighted by atomic mass is 10.2. The van der Waals surface area contributed by atoms with Crippen molar-refractivity contribution in [2.45, 2.75) is 13.3 Å². The maximum Gasteiger partial charge on any atom is 0.317 e. The lowest BCUT2D eigenvalue weighted by molar-refractivity contribution is -0.138. The Hall–Kier alpha value is -1.66. The van der Waals surface area contributed by atoms with Gasteiger partial charge in [-0.15, -0.1) is 0 Å². The van der Waals surface area contributed by atoms with E-state index in [2.05, 4.69) is 30.0 Å². The van der Waals surface area contributed by atoms with Crippen LogP contribution in [-0.2, 0) is 11.2 Å². The number of anilines is 1. The van der Waals surface area contributed by atoms with Crippen LogP contribution in [0.2, 0.25) is 0 Å². The van der Waals surface area contributed by atoms with Gasteiger partial charge in [-0.3, -0.25) is 9.69 Å². The van der Waals surface area contributed by atoms with Crippen LogP contribution in [0.4, 0.5) is 5.13 Å². The first-order valence-corrected chi connectivity index (χ1v) is 8.06. The highest BCUT2D eigenvalue weighted by atomic mass is 32.1. The topological polar surface area (TPSA) is 56.7 Å². The lowest BCUT2D eigenvalue weighted by Gasteiger charge is -2.33. The van der Waals surface area contributed by atoms with Gasteiger partial charge in [0.25, 0.3) is 0 Å². The van der Waals surface area contributed by atoms with Crippen molar-refractivity contribution in [3.8, 4) is 0 Å². The number of carboxylic acid groups (broad SMARTS) is 1. The Kier molecular flexibility index (Phi) is 4.07. The van der Waals surface area contributed by atoms with Gasteiger partial charge in [-0.05, 0) is 24.1 Å². The lowest BCUT2D eigenvalue weighted by Crippen LogP contribution is -2.47. The first kappa shape index (κ1) is 14.3. The molecule has 21 heavy (non-hydrogen) atoms. The van der Waals surface area contributed by atoms with Crippen LogP contribution >= 0.6 is 11.3 Å². The van der Waals surface area contributed by atoms with Gasteiger partial charge in [0.2, 0.25) is 0 Å². The van der Waals surface area contributed by atoms with Crippen molar-refractivity contribution >= 4 is 32.7 Å². The molecule has 6 heteroatoms. The first-order chi connectivity index (χ1) is 10.2. The SMILES string of the molecule is CCc1ccc2sc(N3CCN(CC(=O)O)CC3)nc2c1. The number of hydrogen-bond acceptors (Lipinski definition) is 5. The number of piperazine rings is 1. The fourth-order valence-electron chi connectivity index (χ4n) is 2.60. The van der Waals surface area contributed by atoms with E-state index in [1.807, 2.05) is 4.90 Å². The maximum atomic E-state index is 10.7. The molecule has 1 aliphatic heterocycles. The van der Waals surface area contributed by atoms with Crippen molar-refractivity contribution in [2.24, 2.45) is 0 Å². The zero-order valence-electron chi connectivity index (χ0n) is 12.1. The Morgan fingerprint density at radius 2 is 2.10 bits per heavy atom. The normalized spacial score (nSPS) is 16.5. The first-order valence-electron chi connectivity index (χ1n) is 7.24. The molecule has 0 unspecified atom stereocenters. The summed E-state index contributed by atoms with van der Waals surface area (Å²) in [5.41, 5.74) is 2.38. The molecule has 0 bridgehead atoms. The Morgan fingerprint density at radius 1 is 1.33 bits per heavy atom. The minimum Gasteiger partial charge on any atom is -0.480 e. The van der Waals surface area contributed by atoms with Gasteiger partial charge in [0.15, 0.2) is 5.13 Å². The summed E-state index contributed by atoms with van der Waals surface area (Å²) in [4.78, 5) is 19.7. The molecule has 2 heterocycles. The Balaban J connectivity index is 1.72. The van der Waals surface area contributed by atoms with Crippen molar-refractivity contribution in [3.05, 3.63) is 23.8 Å². The summed E-state index contributed by atoms with van der Waals surface area (Å²) >= 11 is 1.72. The standard InChI is InChI=1S/C15H19N3O2S/c1-2-11-3-4-13-12(9-11)16-15(21-13)18-7-5-17(6-8-18)10-14(19)20/h3-4,9H,2,5-8,10H2,1H3,(H,19,20). The van der Waals surface area contributed by atoms with Crippen molar-refractivity contribution in [1.29, 1.82) is 0 Å². The third-order valence-corrected chi connectivity index (χ3v) is 4.95. The molecule has 0 atom stereocenters. The highest BCUT2D eigenvalue weighted by Crippen LogP contribution is 2.30. The molecular formula is C15H19N3O2S. The zero-order valence-corrected chi connectivity index (χ0v) is 12.9. The van der Waals surface area contributed by atoms with E-state index < -0.39 is 5.97 Å². The summed E-state index contributed by atoms with van der Waals surface area (Å²) in [6.07, 6.45) is 1.02. The Morgan fingerprint density at radius 3 is 2.76 bits per heavy atom. The molecule has 0 radical (unpaired) electrons. The van der Waals surface area contributed by atoms with Crippen LogP contribution in [-0.4, -0.2) is 53.7 Å². The summed E-state index contributed by atoms with van der Waals surface area (Å²) in [6, 6.07) is 6.47. The predicted octanol–water partition coefficient (Wildman–Crippen LogP) is 2.07. The van der Waals surface area contributed by atoms with Gasteiger partial charge in [-0.25, -0.2) is 4.98 Å². The molecule has 1 saturated heterocycles. The molecule has 1 aromatic heterocycles. The largest absolute Gasteiger partial charge is 0.480 e. The number of rotatable bonds is 4. The molecule has 0 aliphatic carbocycles. The smallest absolute Gasteiger partial charge is 0.317 e. The molecule has 0 amide bonds. The predicted molar refractivity (Wildman–Crippen MR) is 85.3 cm³/mol. The number of nitrogens with zero attached hydrogens (tertiary/aromatic N) is 3. The molecule has 1 fully saturated rings. The van der Waals surface area contributed by atoms with Gasteiger partial charge in [-0.2, -0.15) is 0 Å². The van der Waals surface area contributed by atoms with Gasteiger partial charge in [0, 0.05) is 26.2 Å². The third-order valence-electron chi connectivity index (χ3n) is 3.85. The zero-order chi connectivity index (χ0) is 14.8. The average molecular weight is 305 g/mol. The summed E-state index contributed by atoms with van der Waals surface area (Å²) in [6.45, 7) is 5.52. The minimum atomic E-state index is -0.754. The molecule has 5 nitrogen and oxygen atoms in total. The molecule has 3 rings (SSSR count). The van der Waals surface area contributed by atoms with Crippen LogP contribution in [0.15, 0.2) is 18.2 Å². The van der Waals surface area contributed by atoms with E-state index in [9.17, 15) is 4.79 Å².